The lowest BCUT2D eigenvalue weighted by Crippen LogP contribution is -2.55. The molecule has 2 N–H and O–H groups in total. The van der Waals surface area contributed by atoms with Crippen molar-refractivity contribution in [2.45, 2.75) is 43.6 Å². The Labute approximate surface area is 328 Å². The number of amides is 3. The lowest BCUT2D eigenvalue weighted by Gasteiger charge is -2.44. The standard InChI is InChI=1S/C46H49N5O5/c1-30-7-18-42(44(53)47-30)51-45(54)40-16-11-35(26-41(40)46(51)55)50-21-19-48(20-22-50)27-31-28-49(29-31)23-24-56-37-13-8-33(9-14-37)43-38(32-5-3-2-4-6-32)15-10-34-25-36(52)12-17-39(34)43/h2-6,8-9,11-14,16-17,25-26,31,38,42-43,52H,1,7,10,15,18-24,27-29H2,(H,47,53)/t38-,42?,43+/m1/s1. The van der Waals surface area contributed by atoms with E-state index in [1.165, 1.54) is 22.3 Å². The van der Waals surface area contributed by atoms with Gasteiger partial charge in [0.1, 0.15) is 24.1 Å². The van der Waals surface area contributed by atoms with Crippen LogP contribution in [0.1, 0.15) is 74.1 Å². The van der Waals surface area contributed by atoms with Gasteiger partial charge in [-0.2, -0.15) is 0 Å². The van der Waals surface area contributed by atoms with Gasteiger partial charge < -0.3 is 20.1 Å². The van der Waals surface area contributed by atoms with E-state index in [1.54, 1.807) is 6.07 Å². The lowest BCUT2D eigenvalue weighted by atomic mass is 9.69. The van der Waals surface area contributed by atoms with Gasteiger partial charge in [-0.3, -0.25) is 29.1 Å². The highest BCUT2D eigenvalue weighted by atomic mass is 16.5. The van der Waals surface area contributed by atoms with Gasteiger partial charge in [-0.25, -0.2) is 0 Å². The summed E-state index contributed by atoms with van der Waals surface area (Å²) < 4.78 is 6.22. The van der Waals surface area contributed by atoms with Gasteiger partial charge in [0.2, 0.25) is 5.91 Å². The molecule has 1 unspecified atom stereocenters. The fourth-order valence-electron chi connectivity index (χ4n) is 9.61. The summed E-state index contributed by atoms with van der Waals surface area (Å²) in [5, 5.41) is 12.9. The van der Waals surface area contributed by atoms with Crippen molar-refractivity contribution in [3.05, 3.63) is 137 Å². The Kier molecular flexibility index (Phi) is 9.85. The van der Waals surface area contributed by atoms with Gasteiger partial charge in [0, 0.05) is 69.7 Å². The van der Waals surface area contributed by atoms with Crippen LogP contribution < -0.4 is 15.0 Å². The molecule has 9 rings (SSSR count). The monoisotopic (exact) mass is 751 g/mol. The molecular weight excluding hydrogens is 703 g/mol. The first-order valence-corrected chi connectivity index (χ1v) is 20.1. The van der Waals surface area contributed by atoms with Gasteiger partial charge in [-0.1, -0.05) is 55.1 Å². The van der Waals surface area contributed by atoms with Crippen molar-refractivity contribution in [2.75, 3.05) is 63.9 Å². The van der Waals surface area contributed by atoms with E-state index in [1.807, 2.05) is 24.3 Å². The van der Waals surface area contributed by atoms with E-state index >= 15 is 0 Å². The zero-order valence-electron chi connectivity index (χ0n) is 31.7. The van der Waals surface area contributed by atoms with E-state index in [0.717, 1.165) is 81.5 Å². The Morgan fingerprint density at radius 2 is 1.54 bits per heavy atom. The number of fused-ring (bicyclic) bond motifs is 2. The largest absolute Gasteiger partial charge is 0.508 e. The second-order valence-electron chi connectivity index (χ2n) is 16.1. The van der Waals surface area contributed by atoms with Crippen molar-refractivity contribution in [2.24, 2.45) is 5.92 Å². The minimum Gasteiger partial charge on any atom is -0.508 e. The minimum absolute atomic E-state index is 0.222. The number of hydrogen-bond donors (Lipinski definition) is 2. The number of piperazine rings is 1. The molecule has 4 aliphatic heterocycles. The minimum atomic E-state index is -0.800. The summed E-state index contributed by atoms with van der Waals surface area (Å²) in [6, 6.07) is 30.0. The molecule has 56 heavy (non-hydrogen) atoms. The van der Waals surface area contributed by atoms with Crippen molar-refractivity contribution in [3.63, 3.8) is 0 Å². The number of nitrogens with one attached hydrogen (secondary N) is 1. The number of nitrogens with zero attached hydrogens (tertiary/aromatic N) is 4. The van der Waals surface area contributed by atoms with E-state index in [0.29, 0.717) is 53.9 Å². The second-order valence-corrected chi connectivity index (χ2v) is 16.1. The van der Waals surface area contributed by atoms with Crippen molar-refractivity contribution in [1.29, 1.82) is 0 Å². The number of benzene rings is 4. The summed E-state index contributed by atoms with van der Waals surface area (Å²) in [6.07, 6.45) is 2.94. The SMILES string of the molecule is C=C1CCC(N2C(=O)c3ccc(N4CCN(CC5CN(CCOc6ccc([C@@H]7c8ccc(O)cc8CC[C@@H]7c7ccccc7)cc6)C5)CC4)cc3C2=O)C(=O)N1. The van der Waals surface area contributed by atoms with Crippen molar-refractivity contribution in [3.8, 4) is 11.5 Å². The molecule has 3 atom stereocenters. The molecule has 4 aromatic carbocycles. The van der Waals surface area contributed by atoms with E-state index < -0.39 is 17.9 Å². The number of aromatic hydroxyl groups is 1. The highest BCUT2D eigenvalue weighted by Gasteiger charge is 2.44. The fourth-order valence-corrected chi connectivity index (χ4v) is 9.61. The fraction of sp³-hybridized carbons (Fsp3) is 0.370. The molecule has 3 fully saturated rings. The van der Waals surface area contributed by atoms with Gasteiger partial charge in [0.15, 0.2) is 0 Å². The quantitative estimate of drug-likeness (QED) is 0.197. The first-order valence-electron chi connectivity index (χ1n) is 20.1. The molecule has 0 aromatic heterocycles. The highest BCUT2D eigenvalue weighted by Crippen LogP contribution is 2.47. The molecule has 0 radical (unpaired) electrons. The third-order valence-corrected chi connectivity index (χ3v) is 12.6. The number of piperidine rings is 1. The van der Waals surface area contributed by atoms with Crippen LogP contribution in [-0.2, 0) is 11.2 Å². The third-order valence-electron chi connectivity index (χ3n) is 12.6. The summed E-state index contributed by atoms with van der Waals surface area (Å²) in [5.41, 5.74) is 7.47. The molecule has 10 heteroatoms. The van der Waals surface area contributed by atoms with Gasteiger partial charge >= 0.3 is 0 Å². The number of anilines is 1. The van der Waals surface area contributed by atoms with Crippen LogP contribution in [0.4, 0.5) is 5.69 Å². The Morgan fingerprint density at radius 3 is 2.30 bits per heavy atom. The molecule has 1 aliphatic carbocycles. The van der Waals surface area contributed by atoms with Crippen LogP contribution >= 0.6 is 0 Å². The Balaban J connectivity index is 0.726. The normalized spacial score (nSPS) is 23.1. The summed E-state index contributed by atoms with van der Waals surface area (Å²) in [6.45, 7) is 12.2. The maximum absolute atomic E-state index is 13.4. The predicted octanol–water partition coefficient (Wildman–Crippen LogP) is 5.78. The lowest BCUT2D eigenvalue weighted by molar-refractivity contribution is -0.125. The van der Waals surface area contributed by atoms with Crippen LogP contribution in [0.2, 0.25) is 0 Å². The number of carbonyl (C=O) groups excluding carboxylic acids is 3. The predicted molar refractivity (Wildman–Crippen MR) is 215 cm³/mol. The van der Waals surface area contributed by atoms with Crippen LogP contribution in [0.5, 0.6) is 11.5 Å². The molecule has 3 saturated heterocycles. The summed E-state index contributed by atoms with van der Waals surface area (Å²) in [4.78, 5) is 47.5. The number of phenolic OH excluding ortho intramolecular Hbond substituents is 1. The number of phenols is 1. The summed E-state index contributed by atoms with van der Waals surface area (Å²) >= 11 is 0. The number of ether oxygens (including phenoxy) is 1. The van der Waals surface area contributed by atoms with E-state index in [9.17, 15) is 19.5 Å². The Bertz CT molecular complexity index is 2140. The third kappa shape index (κ3) is 7.08. The smallest absolute Gasteiger partial charge is 0.262 e. The first-order chi connectivity index (χ1) is 27.3. The molecule has 0 spiro atoms. The zero-order valence-corrected chi connectivity index (χ0v) is 31.7. The van der Waals surface area contributed by atoms with Crippen LogP contribution in [-0.4, -0.2) is 103 Å². The second kappa shape index (κ2) is 15.2. The molecule has 4 heterocycles. The van der Waals surface area contributed by atoms with Crippen LogP contribution in [0.15, 0.2) is 103 Å². The zero-order chi connectivity index (χ0) is 38.3. The van der Waals surface area contributed by atoms with Gasteiger partial charge in [-0.05, 0) is 102 Å². The van der Waals surface area contributed by atoms with Crippen molar-refractivity contribution < 1.29 is 24.2 Å². The van der Waals surface area contributed by atoms with Crippen LogP contribution in [0, 0.1) is 5.92 Å². The molecule has 288 valence electrons. The number of carbonyl (C=O) groups is 3. The average Bonchev–Trinajstić information content (AvgIpc) is 3.45. The number of likely N-dealkylation sites (tertiary alicyclic amines) is 1. The molecule has 0 saturated carbocycles. The molecule has 0 bridgehead atoms. The number of imide groups is 1. The molecule has 3 amide bonds. The highest BCUT2D eigenvalue weighted by molar-refractivity contribution is 6.23. The summed E-state index contributed by atoms with van der Waals surface area (Å²) in [5.74, 6) is 1.33. The number of aryl methyl sites for hydroxylation is 1. The maximum Gasteiger partial charge on any atom is 0.262 e. The van der Waals surface area contributed by atoms with Gasteiger partial charge in [0.25, 0.3) is 11.8 Å². The Morgan fingerprint density at radius 1 is 0.768 bits per heavy atom. The molecule has 5 aliphatic rings. The van der Waals surface area contributed by atoms with E-state index in [4.69, 9.17) is 4.74 Å². The van der Waals surface area contributed by atoms with Crippen LogP contribution in [0.25, 0.3) is 0 Å². The summed E-state index contributed by atoms with van der Waals surface area (Å²) in [7, 11) is 0. The number of allylic oxidation sites excluding steroid dienone is 1. The first kappa shape index (κ1) is 36.2. The van der Waals surface area contributed by atoms with E-state index in [2.05, 4.69) is 87.3 Å². The van der Waals surface area contributed by atoms with Crippen molar-refractivity contribution >= 4 is 23.4 Å². The maximum atomic E-state index is 13.4. The molecule has 4 aromatic rings. The van der Waals surface area contributed by atoms with Gasteiger partial charge in [0.05, 0.1) is 11.1 Å². The van der Waals surface area contributed by atoms with Crippen molar-refractivity contribution in [1.82, 2.24) is 20.0 Å². The molecular formula is C46H49N5O5. The van der Waals surface area contributed by atoms with Crippen LogP contribution in [0.3, 0.4) is 0 Å². The Hall–Kier alpha value is -5.45. The number of hydrogen-bond acceptors (Lipinski definition) is 8. The number of rotatable bonds is 10. The molecule has 10 nitrogen and oxygen atoms in total. The van der Waals surface area contributed by atoms with E-state index in [-0.39, 0.29) is 11.8 Å². The average molecular weight is 752 g/mol. The van der Waals surface area contributed by atoms with Gasteiger partial charge in [-0.15, -0.1) is 0 Å². The topological polar surface area (TPSA) is 106 Å².